The van der Waals surface area contributed by atoms with Crippen LogP contribution >= 0.6 is 11.6 Å². The molecule has 0 spiro atoms. The van der Waals surface area contributed by atoms with E-state index in [1.165, 1.54) is 6.07 Å². The van der Waals surface area contributed by atoms with Crippen molar-refractivity contribution in [3.8, 4) is 0 Å². The third-order valence-corrected chi connectivity index (χ3v) is 2.68. The Balaban J connectivity index is 3.21. The molecule has 0 amide bonds. The van der Waals surface area contributed by atoms with E-state index in [0.29, 0.717) is 11.6 Å². The van der Waals surface area contributed by atoms with Crippen LogP contribution in [0.25, 0.3) is 0 Å². The van der Waals surface area contributed by atoms with Gasteiger partial charge in [0, 0.05) is 6.08 Å². The van der Waals surface area contributed by atoms with Gasteiger partial charge in [0.15, 0.2) is 5.78 Å². The molecule has 0 atom stereocenters. The summed E-state index contributed by atoms with van der Waals surface area (Å²) in [5, 5.41) is 9.14. The molecule has 1 rings (SSSR count). The van der Waals surface area contributed by atoms with Crippen LogP contribution in [-0.2, 0) is 9.53 Å². The highest BCUT2D eigenvalue weighted by Gasteiger charge is 2.18. The van der Waals surface area contributed by atoms with Crippen LogP contribution in [0.4, 0.5) is 4.39 Å². The summed E-state index contributed by atoms with van der Waals surface area (Å²) in [6.07, 6.45) is 0.565. The van der Waals surface area contributed by atoms with Crippen molar-refractivity contribution in [1.29, 1.82) is 0 Å². The first-order valence-corrected chi connectivity index (χ1v) is 5.24. The largest absolute Gasteiger partial charge is 0.502 e. The molecule has 0 aliphatic carbocycles. The molecule has 0 bridgehead atoms. The van der Waals surface area contributed by atoms with Gasteiger partial charge in [-0.15, -0.1) is 0 Å². The van der Waals surface area contributed by atoms with Crippen molar-refractivity contribution in [2.24, 2.45) is 0 Å². The van der Waals surface area contributed by atoms with Gasteiger partial charge in [0.25, 0.3) is 0 Å². The van der Waals surface area contributed by atoms with Crippen LogP contribution in [0.2, 0.25) is 5.02 Å². The van der Waals surface area contributed by atoms with Gasteiger partial charge in [-0.2, -0.15) is 0 Å². The van der Waals surface area contributed by atoms with Crippen molar-refractivity contribution >= 4 is 23.4 Å². The Morgan fingerprint density at radius 3 is 2.61 bits per heavy atom. The Bertz CT molecular complexity index is 537. The molecule has 1 N–H and O–H groups in total. The Kier molecular flexibility index (Phi) is 4.44. The predicted octanol–water partition coefficient (Wildman–Crippen LogP) is 2.59. The maximum Gasteiger partial charge on any atom is 0.373 e. The average molecular weight is 273 g/mol. The molecule has 0 aliphatic rings. The number of esters is 1. The van der Waals surface area contributed by atoms with Gasteiger partial charge in [0.05, 0.1) is 17.7 Å². The van der Waals surface area contributed by atoms with Crippen LogP contribution < -0.4 is 0 Å². The van der Waals surface area contributed by atoms with Crippen LogP contribution in [0.5, 0.6) is 0 Å². The standard InChI is InChI=1S/C12H10ClFO4/c1-6-3-4-7(14)10(11(6)13)8(15)5-9(16)12(17)18-2/h3-5,16H,1-2H3. The SMILES string of the molecule is COC(=O)C(O)=CC(=O)c1c(F)ccc(C)c1Cl. The number of allylic oxidation sites excluding steroid dienone is 1. The van der Waals surface area contributed by atoms with Gasteiger partial charge in [-0.05, 0) is 18.6 Å². The molecule has 0 aromatic heterocycles. The number of aliphatic hydroxyl groups is 1. The quantitative estimate of drug-likeness (QED) is 0.398. The third-order valence-electron chi connectivity index (χ3n) is 2.19. The molecular formula is C12H10ClFO4. The lowest BCUT2D eigenvalue weighted by atomic mass is 10.1. The molecule has 6 heteroatoms. The van der Waals surface area contributed by atoms with E-state index in [4.69, 9.17) is 11.6 Å². The molecule has 0 unspecified atom stereocenters. The molecule has 1 aromatic carbocycles. The monoisotopic (exact) mass is 272 g/mol. The summed E-state index contributed by atoms with van der Waals surface area (Å²) in [7, 11) is 1.04. The van der Waals surface area contributed by atoms with E-state index in [0.717, 1.165) is 13.2 Å². The first-order chi connectivity index (χ1) is 8.38. The number of aliphatic hydroxyl groups excluding tert-OH is 1. The third kappa shape index (κ3) is 2.87. The molecule has 0 saturated carbocycles. The van der Waals surface area contributed by atoms with Gasteiger partial charge in [0.1, 0.15) is 5.82 Å². The lowest BCUT2D eigenvalue weighted by Crippen LogP contribution is -2.08. The van der Waals surface area contributed by atoms with Crippen LogP contribution in [0.15, 0.2) is 24.0 Å². The number of carbonyl (C=O) groups excluding carboxylic acids is 2. The first kappa shape index (κ1) is 14.2. The predicted molar refractivity (Wildman–Crippen MR) is 63.2 cm³/mol. The van der Waals surface area contributed by atoms with Crippen LogP contribution in [0.3, 0.4) is 0 Å². The Hall–Kier alpha value is -1.88. The van der Waals surface area contributed by atoms with Gasteiger partial charge < -0.3 is 9.84 Å². The van der Waals surface area contributed by atoms with E-state index in [9.17, 15) is 19.1 Å². The summed E-state index contributed by atoms with van der Waals surface area (Å²) in [5.74, 6) is -3.75. The summed E-state index contributed by atoms with van der Waals surface area (Å²) in [4.78, 5) is 22.6. The molecule has 18 heavy (non-hydrogen) atoms. The topological polar surface area (TPSA) is 63.6 Å². The van der Waals surface area contributed by atoms with Gasteiger partial charge in [-0.25, -0.2) is 9.18 Å². The lowest BCUT2D eigenvalue weighted by molar-refractivity contribution is -0.139. The maximum absolute atomic E-state index is 13.5. The molecule has 4 nitrogen and oxygen atoms in total. The van der Waals surface area contributed by atoms with E-state index in [1.807, 2.05) is 0 Å². The normalized spacial score (nSPS) is 11.2. The number of hydrogen-bond acceptors (Lipinski definition) is 4. The number of rotatable bonds is 3. The van der Waals surface area contributed by atoms with Crippen molar-refractivity contribution in [3.63, 3.8) is 0 Å². The summed E-state index contributed by atoms with van der Waals surface area (Å²) < 4.78 is 17.7. The van der Waals surface area contributed by atoms with Crippen molar-refractivity contribution in [3.05, 3.63) is 45.9 Å². The molecule has 0 aliphatic heterocycles. The fourth-order valence-corrected chi connectivity index (χ4v) is 1.49. The molecular weight excluding hydrogens is 263 g/mol. The van der Waals surface area contributed by atoms with Crippen LogP contribution in [0, 0.1) is 12.7 Å². The summed E-state index contributed by atoms with van der Waals surface area (Å²) in [6, 6.07) is 2.50. The first-order valence-electron chi connectivity index (χ1n) is 4.86. The van der Waals surface area contributed by atoms with Crippen molar-refractivity contribution < 1.29 is 23.8 Å². The minimum Gasteiger partial charge on any atom is -0.502 e. The summed E-state index contributed by atoms with van der Waals surface area (Å²) in [5.41, 5.74) is 0.111. The zero-order chi connectivity index (χ0) is 13.9. The fourth-order valence-electron chi connectivity index (χ4n) is 1.24. The number of aryl methyl sites for hydroxylation is 1. The van der Waals surface area contributed by atoms with Gasteiger partial charge >= 0.3 is 5.97 Å². The van der Waals surface area contributed by atoms with Gasteiger partial charge in [-0.3, -0.25) is 4.79 Å². The Morgan fingerprint density at radius 2 is 2.06 bits per heavy atom. The Labute approximate surface area is 108 Å². The lowest BCUT2D eigenvalue weighted by Gasteiger charge is -2.05. The second kappa shape index (κ2) is 5.64. The highest BCUT2D eigenvalue weighted by molar-refractivity contribution is 6.35. The van der Waals surface area contributed by atoms with Gasteiger partial charge in [-0.1, -0.05) is 17.7 Å². The number of halogens is 2. The second-order valence-corrected chi connectivity index (χ2v) is 3.82. The highest BCUT2D eigenvalue weighted by Crippen LogP contribution is 2.24. The molecule has 96 valence electrons. The van der Waals surface area contributed by atoms with E-state index in [-0.39, 0.29) is 5.02 Å². The van der Waals surface area contributed by atoms with E-state index in [2.05, 4.69) is 4.74 Å². The Morgan fingerprint density at radius 1 is 1.44 bits per heavy atom. The maximum atomic E-state index is 13.5. The summed E-state index contributed by atoms with van der Waals surface area (Å²) >= 11 is 5.80. The number of ether oxygens (including phenoxy) is 1. The average Bonchev–Trinajstić information content (AvgIpc) is 2.33. The smallest absolute Gasteiger partial charge is 0.373 e. The zero-order valence-corrected chi connectivity index (χ0v) is 10.4. The fraction of sp³-hybridized carbons (Fsp3) is 0.167. The van der Waals surface area contributed by atoms with E-state index >= 15 is 0 Å². The van der Waals surface area contributed by atoms with Gasteiger partial charge in [0.2, 0.25) is 5.76 Å². The van der Waals surface area contributed by atoms with Crippen LogP contribution in [0.1, 0.15) is 15.9 Å². The van der Waals surface area contributed by atoms with Crippen molar-refractivity contribution in [1.82, 2.24) is 0 Å². The van der Waals surface area contributed by atoms with Crippen molar-refractivity contribution in [2.45, 2.75) is 6.92 Å². The molecule has 0 radical (unpaired) electrons. The number of benzene rings is 1. The molecule has 0 heterocycles. The number of carbonyl (C=O) groups is 2. The molecule has 0 saturated heterocycles. The second-order valence-electron chi connectivity index (χ2n) is 3.44. The minimum absolute atomic E-state index is 0.0612. The zero-order valence-electron chi connectivity index (χ0n) is 9.66. The van der Waals surface area contributed by atoms with E-state index < -0.39 is 28.9 Å². The minimum atomic E-state index is -1.09. The number of ketones is 1. The van der Waals surface area contributed by atoms with Crippen LogP contribution in [-0.4, -0.2) is 24.0 Å². The van der Waals surface area contributed by atoms with E-state index in [1.54, 1.807) is 6.92 Å². The highest BCUT2D eigenvalue weighted by atomic mass is 35.5. The molecule has 0 fully saturated rings. The number of methoxy groups -OCH3 is 1. The number of hydrogen-bond donors (Lipinski definition) is 1. The molecule has 1 aromatic rings. The van der Waals surface area contributed by atoms with Crippen molar-refractivity contribution in [2.75, 3.05) is 7.11 Å². The summed E-state index contributed by atoms with van der Waals surface area (Å²) in [6.45, 7) is 1.60.